The largest absolute Gasteiger partial charge is 0.508 e. The van der Waals surface area contributed by atoms with Crippen molar-refractivity contribution in [1.82, 2.24) is 0 Å². The molecular weight excluding hydrogens is 218 g/mol. The number of aliphatic carboxylic acids is 1. The van der Waals surface area contributed by atoms with Gasteiger partial charge in [-0.15, -0.1) is 0 Å². The average molecular weight is 229 g/mol. The van der Waals surface area contributed by atoms with Gasteiger partial charge >= 0.3 is 5.97 Å². The average Bonchev–Trinajstić information content (AvgIpc) is 2.17. The predicted octanol–water partition coefficient (Wildman–Crippen LogP) is -1.74. The minimum absolute atomic E-state index is 0.157. The Morgan fingerprint density at radius 3 is 1.94 bits per heavy atom. The van der Waals surface area contributed by atoms with Gasteiger partial charge < -0.3 is 25.5 Å². The van der Waals surface area contributed by atoms with E-state index >= 15 is 0 Å². The zero-order valence-electron chi connectivity index (χ0n) is 8.03. The molecule has 0 amide bonds. The molecule has 0 aliphatic heterocycles. The molecule has 0 bridgehead atoms. The van der Waals surface area contributed by atoms with Gasteiger partial charge in [0.25, 0.3) is 5.72 Å². The summed E-state index contributed by atoms with van der Waals surface area (Å²) in [5.74, 6) is -5.33. The van der Waals surface area contributed by atoms with E-state index in [0.717, 1.165) is 24.3 Å². The molecule has 7 nitrogen and oxygen atoms in total. The van der Waals surface area contributed by atoms with E-state index < -0.39 is 17.5 Å². The number of hydrogen-bond acceptors (Lipinski definition) is 6. The summed E-state index contributed by atoms with van der Waals surface area (Å²) in [5, 5.41) is 45.8. The van der Waals surface area contributed by atoms with E-state index in [4.69, 9.17) is 15.9 Å². The minimum atomic E-state index is -3.26. The van der Waals surface area contributed by atoms with Crippen LogP contribution in [0.25, 0.3) is 0 Å². The Balaban J connectivity index is 3.20. The highest BCUT2D eigenvalue weighted by molar-refractivity contribution is 5.78. The van der Waals surface area contributed by atoms with Gasteiger partial charge in [0, 0.05) is 5.56 Å². The third kappa shape index (κ3) is 1.84. The van der Waals surface area contributed by atoms with E-state index in [1.165, 1.54) is 0 Å². The lowest BCUT2D eigenvalue weighted by molar-refractivity contribution is -0.280. The molecule has 0 aromatic heterocycles. The lowest BCUT2D eigenvalue weighted by atomic mass is 9.95. The fourth-order valence-electron chi connectivity index (χ4n) is 1.06. The predicted molar refractivity (Wildman–Crippen MR) is 51.0 cm³/mol. The van der Waals surface area contributed by atoms with Gasteiger partial charge in [0.2, 0.25) is 5.79 Å². The Morgan fingerprint density at radius 1 is 1.12 bits per heavy atom. The van der Waals surface area contributed by atoms with Crippen LogP contribution < -0.4 is 5.73 Å². The normalized spacial score (nSPS) is 15.5. The van der Waals surface area contributed by atoms with E-state index in [-0.39, 0.29) is 11.3 Å². The van der Waals surface area contributed by atoms with Crippen molar-refractivity contribution in [2.75, 3.05) is 0 Å². The third-order valence-electron chi connectivity index (χ3n) is 2.13. The van der Waals surface area contributed by atoms with Crippen LogP contribution in [0.5, 0.6) is 5.75 Å². The molecule has 0 fully saturated rings. The molecule has 0 radical (unpaired) electrons. The molecule has 0 aliphatic carbocycles. The molecular formula is C9H11NO6. The highest BCUT2D eigenvalue weighted by Gasteiger charge is 2.53. The van der Waals surface area contributed by atoms with Gasteiger partial charge in [-0.2, -0.15) is 0 Å². The zero-order chi connectivity index (χ0) is 12.6. The van der Waals surface area contributed by atoms with Crippen LogP contribution in [-0.2, 0) is 10.6 Å². The number of rotatable bonds is 3. The molecule has 1 unspecified atom stereocenters. The van der Waals surface area contributed by atoms with Crippen molar-refractivity contribution in [3.05, 3.63) is 29.8 Å². The Morgan fingerprint density at radius 2 is 1.56 bits per heavy atom. The number of phenolic OH excluding ortho intramolecular Hbond substituents is 1. The molecule has 1 atom stereocenters. The molecule has 0 saturated heterocycles. The van der Waals surface area contributed by atoms with Crippen LogP contribution in [0.1, 0.15) is 5.56 Å². The summed E-state index contributed by atoms with van der Waals surface area (Å²) in [6.07, 6.45) is 0. The van der Waals surface area contributed by atoms with Crippen LogP contribution >= 0.6 is 0 Å². The number of benzene rings is 1. The third-order valence-corrected chi connectivity index (χ3v) is 2.13. The fourth-order valence-corrected chi connectivity index (χ4v) is 1.06. The lowest BCUT2D eigenvalue weighted by Gasteiger charge is -2.32. The zero-order valence-corrected chi connectivity index (χ0v) is 8.03. The van der Waals surface area contributed by atoms with Gasteiger partial charge in [0.1, 0.15) is 5.75 Å². The van der Waals surface area contributed by atoms with Crippen molar-refractivity contribution < 1.29 is 30.3 Å². The van der Waals surface area contributed by atoms with Crippen LogP contribution in [0, 0.1) is 0 Å². The first-order valence-corrected chi connectivity index (χ1v) is 4.18. The summed E-state index contributed by atoms with van der Waals surface area (Å²) in [4.78, 5) is 10.6. The molecule has 0 spiro atoms. The Kier molecular flexibility index (Phi) is 2.89. The van der Waals surface area contributed by atoms with Gasteiger partial charge in [-0.1, -0.05) is 0 Å². The molecule has 88 valence electrons. The van der Waals surface area contributed by atoms with Crippen molar-refractivity contribution in [2.24, 2.45) is 5.73 Å². The summed E-state index contributed by atoms with van der Waals surface area (Å²) in [6, 6.07) is 4.23. The van der Waals surface area contributed by atoms with Crippen LogP contribution in [0.15, 0.2) is 24.3 Å². The summed E-state index contributed by atoms with van der Waals surface area (Å²) in [6.45, 7) is 0. The van der Waals surface area contributed by atoms with E-state index in [9.17, 15) is 20.1 Å². The molecule has 7 N–H and O–H groups in total. The molecule has 0 heterocycles. The molecule has 1 aromatic carbocycles. The second-order valence-electron chi connectivity index (χ2n) is 3.29. The second kappa shape index (κ2) is 3.72. The van der Waals surface area contributed by atoms with Crippen molar-refractivity contribution >= 4 is 5.97 Å². The molecule has 0 saturated carbocycles. The molecule has 16 heavy (non-hydrogen) atoms. The van der Waals surface area contributed by atoms with E-state index in [1.54, 1.807) is 0 Å². The van der Waals surface area contributed by atoms with Crippen molar-refractivity contribution in [2.45, 2.75) is 11.5 Å². The number of phenols is 1. The Bertz CT molecular complexity index is 397. The molecule has 1 rings (SSSR count). The fraction of sp³-hybridized carbons (Fsp3) is 0.222. The maximum atomic E-state index is 10.6. The highest BCUT2D eigenvalue weighted by Crippen LogP contribution is 2.28. The van der Waals surface area contributed by atoms with Crippen molar-refractivity contribution in [3.63, 3.8) is 0 Å². The van der Waals surface area contributed by atoms with Crippen LogP contribution in [0.3, 0.4) is 0 Å². The second-order valence-corrected chi connectivity index (χ2v) is 3.29. The van der Waals surface area contributed by atoms with Gasteiger partial charge in [0.15, 0.2) is 0 Å². The van der Waals surface area contributed by atoms with Crippen molar-refractivity contribution in [3.8, 4) is 5.75 Å². The van der Waals surface area contributed by atoms with Crippen LogP contribution in [0.4, 0.5) is 0 Å². The number of carboxylic acid groups (broad SMARTS) is 1. The van der Waals surface area contributed by atoms with E-state index in [1.807, 2.05) is 0 Å². The smallest absolute Gasteiger partial charge is 0.357 e. The minimum Gasteiger partial charge on any atom is -0.508 e. The Labute approximate surface area is 90.0 Å². The van der Waals surface area contributed by atoms with E-state index in [0.29, 0.717) is 0 Å². The summed E-state index contributed by atoms with van der Waals surface area (Å²) >= 11 is 0. The van der Waals surface area contributed by atoms with E-state index in [2.05, 4.69) is 0 Å². The quantitative estimate of drug-likeness (QED) is 0.337. The summed E-state index contributed by atoms with van der Waals surface area (Å²) < 4.78 is 0. The number of carbonyl (C=O) groups is 1. The van der Waals surface area contributed by atoms with Gasteiger partial charge in [-0.25, -0.2) is 4.79 Å². The molecule has 7 heteroatoms. The summed E-state index contributed by atoms with van der Waals surface area (Å²) in [7, 11) is 0. The van der Waals surface area contributed by atoms with Crippen LogP contribution in [-0.4, -0.2) is 37.2 Å². The first-order valence-electron chi connectivity index (χ1n) is 4.18. The molecule has 1 aromatic rings. The first kappa shape index (κ1) is 12.4. The maximum Gasteiger partial charge on any atom is 0.357 e. The van der Waals surface area contributed by atoms with Gasteiger partial charge in [-0.05, 0) is 24.3 Å². The van der Waals surface area contributed by atoms with Crippen LogP contribution in [0.2, 0.25) is 0 Å². The standard InChI is InChI=1S/C9H11NO6/c10-8(14,7(12)13)9(15,16)5-1-3-6(11)4-2-5/h1-4,11,14-16H,10H2,(H,12,13). The Hall–Kier alpha value is -1.67. The summed E-state index contributed by atoms with van der Waals surface area (Å²) in [5.41, 5.74) is 1.28. The highest BCUT2D eigenvalue weighted by atomic mass is 16.5. The monoisotopic (exact) mass is 229 g/mol. The SMILES string of the molecule is NC(O)(C(=O)O)C(O)(O)c1ccc(O)cc1. The lowest BCUT2D eigenvalue weighted by Crippen LogP contribution is -2.63. The molecule has 0 aliphatic rings. The number of aromatic hydroxyl groups is 1. The maximum absolute atomic E-state index is 10.6. The van der Waals surface area contributed by atoms with Gasteiger partial charge in [0.05, 0.1) is 0 Å². The number of carboxylic acids is 1. The number of nitrogens with two attached hydrogens (primary N) is 1. The topological polar surface area (TPSA) is 144 Å². The van der Waals surface area contributed by atoms with Gasteiger partial charge in [-0.3, -0.25) is 5.73 Å². The first-order chi connectivity index (χ1) is 7.19. The number of aliphatic hydroxyl groups is 3. The number of hydrogen-bond donors (Lipinski definition) is 6. The van der Waals surface area contributed by atoms with Crippen molar-refractivity contribution in [1.29, 1.82) is 0 Å².